The quantitative estimate of drug-likeness (QED) is 0.742. The van der Waals surface area contributed by atoms with Crippen molar-refractivity contribution >= 4 is 5.97 Å². The molecule has 0 aromatic heterocycles. The van der Waals surface area contributed by atoms with Gasteiger partial charge in [-0.15, -0.1) is 0 Å². The highest BCUT2D eigenvalue weighted by atomic mass is 19.4. The van der Waals surface area contributed by atoms with Crippen LogP contribution in [0.1, 0.15) is 12.8 Å². The molecule has 0 rings (SSSR count). The Morgan fingerprint density at radius 1 is 0.714 bits per heavy atom. The maximum atomic E-state index is 12.8. The highest BCUT2D eigenvalue weighted by molar-refractivity contribution is 5.75. The molecule has 0 saturated heterocycles. The maximum Gasteiger partial charge on any atom is 0.460 e. The fourth-order valence-electron chi connectivity index (χ4n) is 0.986. The Morgan fingerprint density at radius 2 is 1.10 bits per heavy atom. The summed E-state index contributed by atoms with van der Waals surface area (Å²) in [6.45, 7) is 0. The second-order valence-electron chi connectivity index (χ2n) is 3.86. The summed E-state index contributed by atoms with van der Waals surface area (Å²) >= 11 is 0. The molecular formula is C8H5F11O2. The Balaban J connectivity index is 5.36. The molecule has 0 fully saturated rings. The van der Waals surface area contributed by atoms with E-state index in [0.29, 0.717) is 0 Å². The largest absolute Gasteiger partial charge is 0.477 e. The first kappa shape index (κ1) is 19.7. The number of alkyl halides is 11. The predicted octanol–water partition coefficient (Wildman–Crippen LogP) is 3.95. The van der Waals surface area contributed by atoms with Crippen LogP contribution in [-0.2, 0) is 4.79 Å². The number of carboxylic acids is 1. The molecule has 0 amide bonds. The lowest BCUT2D eigenvalue weighted by molar-refractivity contribution is -0.397. The van der Waals surface area contributed by atoms with Crippen molar-refractivity contribution in [3.05, 3.63) is 0 Å². The fourth-order valence-corrected chi connectivity index (χ4v) is 0.986. The van der Waals surface area contributed by atoms with E-state index in [1.54, 1.807) is 0 Å². The maximum absolute atomic E-state index is 12.8. The number of rotatable bonds is 6. The number of halogens is 11. The van der Waals surface area contributed by atoms with Gasteiger partial charge in [0.2, 0.25) is 0 Å². The molecule has 0 atom stereocenters. The summed E-state index contributed by atoms with van der Waals surface area (Å²) in [7, 11) is 0. The third-order valence-corrected chi connectivity index (χ3v) is 2.28. The van der Waals surface area contributed by atoms with Crippen LogP contribution in [0.15, 0.2) is 0 Å². The van der Waals surface area contributed by atoms with E-state index in [-0.39, 0.29) is 0 Å². The van der Waals surface area contributed by atoms with Gasteiger partial charge in [-0.2, -0.15) is 48.3 Å². The van der Waals surface area contributed by atoms with Gasteiger partial charge in [0.1, 0.15) is 0 Å². The fraction of sp³-hybridized carbons (Fsp3) is 0.875. The van der Waals surface area contributed by atoms with Gasteiger partial charge in [0.25, 0.3) is 0 Å². The van der Waals surface area contributed by atoms with Crippen LogP contribution in [0.25, 0.3) is 0 Å². The molecule has 2 nitrogen and oxygen atoms in total. The van der Waals surface area contributed by atoms with Crippen LogP contribution >= 0.6 is 0 Å². The van der Waals surface area contributed by atoms with E-state index in [1.807, 2.05) is 0 Å². The molecule has 21 heavy (non-hydrogen) atoms. The van der Waals surface area contributed by atoms with E-state index in [9.17, 15) is 53.1 Å². The van der Waals surface area contributed by atoms with Gasteiger partial charge in [-0.25, -0.2) is 4.79 Å². The minimum atomic E-state index is -7.19. The minimum Gasteiger partial charge on any atom is -0.477 e. The van der Waals surface area contributed by atoms with Crippen molar-refractivity contribution in [2.45, 2.75) is 42.7 Å². The normalized spacial score (nSPS) is 15.2. The second-order valence-corrected chi connectivity index (χ2v) is 3.86. The van der Waals surface area contributed by atoms with Gasteiger partial charge in [0.05, 0.1) is 0 Å². The SMILES string of the molecule is O=C(O)C(F)(F)CCC(F)(F)C(F)(F)C(F)(F)C(F)(F)F. The van der Waals surface area contributed by atoms with Gasteiger partial charge in [0.15, 0.2) is 0 Å². The zero-order chi connectivity index (χ0) is 17.5. The Morgan fingerprint density at radius 3 is 1.38 bits per heavy atom. The summed E-state index contributed by atoms with van der Waals surface area (Å²) in [5, 5.41) is 7.82. The number of hydrogen-bond acceptors (Lipinski definition) is 1. The van der Waals surface area contributed by atoms with Crippen molar-refractivity contribution in [2.24, 2.45) is 0 Å². The molecule has 126 valence electrons. The average Bonchev–Trinajstić information content (AvgIpc) is 2.24. The molecule has 13 heteroatoms. The third-order valence-electron chi connectivity index (χ3n) is 2.28. The van der Waals surface area contributed by atoms with Crippen LogP contribution < -0.4 is 0 Å². The first-order chi connectivity index (χ1) is 8.90. The van der Waals surface area contributed by atoms with Gasteiger partial charge < -0.3 is 5.11 Å². The lowest BCUT2D eigenvalue weighted by atomic mass is 9.98. The Bertz CT molecular complexity index is 398. The van der Waals surface area contributed by atoms with Crippen molar-refractivity contribution in [3.8, 4) is 0 Å². The monoisotopic (exact) mass is 342 g/mol. The van der Waals surface area contributed by atoms with E-state index >= 15 is 0 Å². The summed E-state index contributed by atoms with van der Waals surface area (Å²) in [5.74, 6) is -28.5. The Labute approximate surface area is 108 Å². The van der Waals surface area contributed by atoms with Crippen LogP contribution in [0, 0.1) is 0 Å². The van der Waals surface area contributed by atoms with Crippen LogP contribution in [0.3, 0.4) is 0 Å². The van der Waals surface area contributed by atoms with Crippen LogP contribution in [0.5, 0.6) is 0 Å². The molecule has 0 aromatic rings. The zero-order valence-electron chi connectivity index (χ0n) is 9.43. The first-order valence-electron chi connectivity index (χ1n) is 4.71. The molecule has 0 saturated carbocycles. The molecule has 0 bridgehead atoms. The molecule has 0 radical (unpaired) electrons. The lowest BCUT2D eigenvalue weighted by Gasteiger charge is -2.33. The van der Waals surface area contributed by atoms with Crippen molar-refractivity contribution in [2.75, 3.05) is 0 Å². The van der Waals surface area contributed by atoms with Gasteiger partial charge in [-0.3, -0.25) is 0 Å². The lowest BCUT2D eigenvalue weighted by Crippen LogP contribution is -2.61. The standard InChI is InChI=1S/C8H5F11O2/c9-4(10,3(20)21)1-2-5(11,12)6(13,14)7(15,16)8(17,18)19/h1-2H2,(H,20,21). The van der Waals surface area contributed by atoms with Gasteiger partial charge >= 0.3 is 35.8 Å². The van der Waals surface area contributed by atoms with Crippen LogP contribution in [0.2, 0.25) is 0 Å². The second kappa shape index (κ2) is 5.16. The average molecular weight is 342 g/mol. The first-order valence-corrected chi connectivity index (χ1v) is 4.71. The van der Waals surface area contributed by atoms with E-state index in [2.05, 4.69) is 0 Å². The molecule has 1 N–H and O–H groups in total. The third kappa shape index (κ3) is 3.48. The van der Waals surface area contributed by atoms with Crippen LogP contribution in [0.4, 0.5) is 48.3 Å². The summed E-state index contributed by atoms with van der Waals surface area (Å²) in [6.07, 6.45) is -12.5. The number of aliphatic carboxylic acids is 1. The predicted molar refractivity (Wildman–Crippen MR) is 42.7 cm³/mol. The summed E-state index contributed by atoms with van der Waals surface area (Å²) < 4.78 is 135. The van der Waals surface area contributed by atoms with E-state index in [0.717, 1.165) is 0 Å². The number of carbonyl (C=O) groups is 1. The summed E-state index contributed by atoms with van der Waals surface area (Å²) in [4.78, 5) is 9.83. The van der Waals surface area contributed by atoms with Gasteiger partial charge in [-0.05, 0) is 0 Å². The molecule has 0 heterocycles. The molecule has 0 unspecified atom stereocenters. The number of carboxylic acid groups (broad SMARTS) is 1. The highest BCUT2D eigenvalue weighted by Gasteiger charge is 2.81. The minimum absolute atomic E-state index is 2.56. The highest BCUT2D eigenvalue weighted by Crippen LogP contribution is 2.54. The smallest absolute Gasteiger partial charge is 0.460 e. The molecule has 0 spiro atoms. The number of hydrogen-bond donors (Lipinski definition) is 1. The Kier molecular flexibility index (Phi) is 4.84. The Hall–Kier alpha value is -1.30. The van der Waals surface area contributed by atoms with Crippen molar-refractivity contribution < 1.29 is 58.2 Å². The van der Waals surface area contributed by atoms with Crippen molar-refractivity contribution in [3.63, 3.8) is 0 Å². The van der Waals surface area contributed by atoms with Crippen LogP contribution in [-0.4, -0.2) is 40.9 Å². The summed E-state index contributed by atoms with van der Waals surface area (Å²) in [5.41, 5.74) is 0. The molecule has 0 aromatic carbocycles. The zero-order valence-corrected chi connectivity index (χ0v) is 9.43. The van der Waals surface area contributed by atoms with Gasteiger partial charge in [-0.1, -0.05) is 0 Å². The van der Waals surface area contributed by atoms with E-state index in [4.69, 9.17) is 5.11 Å². The van der Waals surface area contributed by atoms with E-state index < -0.39 is 48.7 Å². The topological polar surface area (TPSA) is 37.3 Å². The molecule has 0 aliphatic heterocycles. The van der Waals surface area contributed by atoms with Gasteiger partial charge in [0, 0.05) is 12.8 Å². The van der Waals surface area contributed by atoms with E-state index in [1.165, 1.54) is 0 Å². The van der Waals surface area contributed by atoms with Crippen molar-refractivity contribution in [1.82, 2.24) is 0 Å². The summed E-state index contributed by atoms with van der Waals surface area (Å²) in [6, 6.07) is 0. The molecular weight excluding hydrogens is 337 g/mol. The molecule has 0 aliphatic carbocycles. The molecule has 0 aliphatic rings. The van der Waals surface area contributed by atoms with Crippen molar-refractivity contribution in [1.29, 1.82) is 0 Å².